The molecule has 5 aromatic carbocycles. The van der Waals surface area contributed by atoms with Crippen LogP contribution in [0.25, 0.3) is 11.1 Å². The van der Waals surface area contributed by atoms with Gasteiger partial charge in [0.25, 0.3) is 0 Å². The molecule has 0 aromatic heterocycles. The average molecular weight is 1450 g/mol. The lowest BCUT2D eigenvalue weighted by Crippen LogP contribution is -2.64. The van der Waals surface area contributed by atoms with Crippen molar-refractivity contribution in [3.05, 3.63) is 117 Å². The average Bonchev–Trinajstić information content (AvgIpc) is 0.953. The number of fused-ring (bicyclic) bond motifs is 16. The number of phenols is 3. The molecule has 101 heavy (non-hydrogen) atoms. The number of aliphatic carboxylic acids is 2. The van der Waals surface area contributed by atoms with E-state index in [4.69, 9.17) is 57.4 Å². The van der Waals surface area contributed by atoms with Crippen molar-refractivity contribution in [2.45, 2.75) is 156 Å². The Bertz CT molecular complexity index is 4070. The number of ether oxygens (including phenoxy) is 6. The Kier molecular flexibility index (Phi) is 22.2. The second kappa shape index (κ2) is 30.2. The molecule has 33 nitrogen and oxygen atoms in total. The Balaban J connectivity index is 1.23. The SMILES string of the molecule is CN[C@H](CC(C)C)C(=O)N[C@H]1C(=O)N[C@H](C(=O)O)CC(=O)N[C@H]2C(=O)N[C@H]3C(=O)N[C@H](C(=O)N[C@@H](C(=O)O)c4cc(O)cc(O)c4-c4cc3ccc4O)[C@H](O)c3ccc(c(Cl)c3)Oc3cc2cc(c3O[C@@H]2O[C@@H](CO)[C@@H](O)[C@H](O)[C@@H]2O[C@@H]2C[C@](C)(N)[C@H](O)[C@@H](C)O2)Oc2ccc(cc2Cl)[C@H]1O. The molecule has 20 N–H and O–H groups in total. The van der Waals surface area contributed by atoms with Gasteiger partial charge in [-0.15, -0.1) is 0 Å². The number of likely N-dealkylation sites (N-methyl/N-ethyl adjacent to an activating group) is 1. The van der Waals surface area contributed by atoms with Gasteiger partial charge in [-0.2, -0.15) is 0 Å². The first kappa shape index (κ1) is 74.5. The van der Waals surface area contributed by atoms with Crippen LogP contribution in [0.2, 0.25) is 10.0 Å². The second-order valence-corrected chi connectivity index (χ2v) is 26.5. The van der Waals surface area contributed by atoms with E-state index < -0.39 is 242 Å². The minimum Gasteiger partial charge on any atom is -0.508 e. The lowest BCUT2D eigenvalue weighted by Gasteiger charge is -2.47. The van der Waals surface area contributed by atoms with Gasteiger partial charge in [-0.3, -0.25) is 28.8 Å². The first-order valence-electron chi connectivity index (χ1n) is 31.6. The molecule has 7 aliphatic heterocycles. The fraction of sp³-hybridized carbons (Fsp3) is 0.424. The van der Waals surface area contributed by atoms with Crippen LogP contribution in [0.3, 0.4) is 0 Å². The number of carbonyl (C=O) groups is 8. The van der Waals surface area contributed by atoms with E-state index in [0.717, 1.165) is 72.8 Å². The summed E-state index contributed by atoms with van der Waals surface area (Å²) in [4.78, 5) is 116. The van der Waals surface area contributed by atoms with Gasteiger partial charge in [-0.1, -0.05) is 55.2 Å². The zero-order valence-corrected chi connectivity index (χ0v) is 55.7. The van der Waals surface area contributed by atoms with Gasteiger partial charge < -0.3 is 128 Å². The lowest BCUT2D eigenvalue weighted by atomic mass is 9.86. The standard InChI is InChI=1S/C66H74Cl2N8O25/c1-23(2)12-34(70-5)58(87)75-49-51(82)26-7-10-38(32(67)14-26)97-40-16-28-17-41(55(40)101-65-56(54(85)53(84)42(22-77)99-65)100-44-21-66(4,69)57(86)24(3)96-44)98-39-11-8-27(15-33(39)68)52(83)50-62(91)74-48(64(94)95)31-18-29(78)19-37(80)45(31)30-13-25(6-9-36(30)79)46(59(88)76-50)73-60(89)47(28)72-43(81)20-35(63(92)93)71-61(49)90/h6-11,13-19,23-24,34-35,42,44,46-54,56-57,65,70,77-80,82-86H,12,20-22,69H2,1-5H3,(H,71,90)(H,72,81)(H,73,89)(H,74,91)(H,75,87)(H,76,88)(H,92,93)(H,94,95)/t24-,34-,35+,42+,44-,46-,47-,48-,49-,50+,51-,52-,53-,54+,56+,57-,65+,66+/m1/s1. The number of carboxylic acids is 2. The van der Waals surface area contributed by atoms with Crippen molar-refractivity contribution in [2.24, 2.45) is 11.7 Å². The number of benzene rings is 5. The van der Waals surface area contributed by atoms with Gasteiger partial charge in [0.05, 0.1) is 41.3 Å². The van der Waals surface area contributed by atoms with Gasteiger partial charge in [-0.25, -0.2) is 9.59 Å². The van der Waals surface area contributed by atoms with E-state index in [1.165, 1.54) is 27.0 Å². The third-order valence-corrected chi connectivity index (χ3v) is 18.3. The molecular weight excluding hydrogens is 1380 g/mol. The summed E-state index contributed by atoms with van der Waals surface area (Å²) < 4.78 is 38.2. The van der Waals surface area contributed by atoms with Crippen molar-refractivity contribution in [1.82, 2.24) is 37.2 Å². The Morgan fingerprint density at radius 1 is 0.703 bits per heavy atom. The molecule has 18 atom stereocenters. The normalized spacial score (nSPS) is 29.6. The molecule has 11 bridgehead atoms. The number of aromatic hydroxyl groups is 3. The third kappa shape index (κ3) is 15.8. The van der Waals surface area contributed by atoms with Crippen molar-refractivity contribution >= 4 is 70.6 Å². The maximum absolute atomic E-state index is 15.9. The molecule has 12 rings (SSSR count). The molecule has 0 aliphatic carbocycles. The summed E-state index contributed by atoms with van der Waals surface area (Å²) in [5.41, 5.74) is 2.21. The summed E-state index contributed by atoms with van der Waals surface area (Å²) in [7, 11) is 1.46. The Hall–Kier alpha value is -9.20. The largest absolute Gasteiger partial charge is 0.508 e. The molecule has 7 aliphatic rings. The Morgan fingerprint density at radius 3 is 1.90 bits per heavy atom. The highest BCUT2D eigenvalue weighted by molar-refractivity contribution is 6.32. The smallest absolute Gasteiger partial charge is 0.330 e. The second-order valence-electron chi connectivity index (χ2n) is 25.6. The molecule has 0 unspecified atom stereocenters. The van der Waals surface area contributed by atoms with E-state index in [9.17, 15) is 84.9 Å². The molecule has 6 amide bonds. The summed E-state index contributed by atoms with van der Waals surface area (Å²) in [6, 6.07) is -0.942. The summed E-state index contributed by atoms with van der Waals surface area (Å²) in [5.74, 6) is -16.7. The molecule has 5 aromatic rings. The first-order valence-corrected chi connectivity index (χ1v) is 32.3. The summed E-state index contributed by atoms with van der Waals surface area (Å²) in [6.07, 6.45) is -18.8. The number of hydrogen-bond donors (Lipinski definition) is 19. The molecule has 542 valence electrons. The zero-order valence-electron chi connectivity index (χ0n) is 54.2. The highest BCUT2D eigenvalue weighted by atomic mass is 35.5. The molecular formula is C66H74Cl2N8O25. The van der Waals surface area contributed by atoms with Gasteiger partial charge >= 0.3 is 11.9 Å². The summed E-state index contributed by atoms with van der Waals surface area (Å²) in [5, 5.41) is 141. The maximum atomic E-state index is 15.9. The minimum atomic E-state index is -2.32. The van der Waals surface area contributed by atoms with Gasteiger partial charge in [0.15, 0.2) is 29.9 Å². The van der Waals surface area contributed by atoms with Crippen LogP contribution in [0.15, 0.2) is 78.9 Å². The van der Waals surface area contributed by atoms with Crippen LogP contribution in [0.5, 0.6) is 46.0 Å². The topological polar surface area (TPSA) is 525 Å². The molecule has 35 heteroatoms. The first-order chi connectivity index (χ1) is 47.7. The van der Waals surface area contributed by atoms with Gasteiger partial charge in [-0.05, 0) is 110 Å². The van der Waals surface area contributed by atoms with Gasteiger partial charge in [0, 0.05) is 34.7 Å². The van der Waals surface area contributed by atoms with Crippen LogP contribution >= 0.6 is 23.2 Å². The molecule has 2 saturated heterocycles. The highest BCUT2D eigenvalue weighted by Gasteiger charge is 2.51. The highest BCUT2D eigenvalue weighted by Crippen LogP contribution is 2.50. The van der Waals surface area contributed by atoms with Crippen LogP contribution in [0, 0.1) is 5.92 Å². The molecule has 0 spiro atoms. The number of carboxylic acid groups (broad SMARTS) is 2. The predicted molar refractivity (Wildman–Crippen MR) is 348 cm³/mol. The quantitative estimate of drug-likeness (QED) is 0.0817. The van der Waals surface area contributed by atoms with Crippen molar-refractivity contribution in [3.63, 3.8) is 0 Å². The molecule has 7 heterocycles. The van der Waals surface area contributed by atoms with Crippen LogP contribution in [0.1, 0.15) is 105 Å². The van der Waals surface area contributed by atoms with E-state index in [1.54, 1.807) is 0 Å². The van der Waals surface area contributed by atoms with E-state index >= 15 is 9.59 Å². The molecule has 0 radical (unpaired) electrons. The van der Waals surface area contributed by atoms with Crippen molar-refractivity contribution in [1.29, 1.82) is 0 Å². The summed E-state index contributed by atoms with van der Waals surface area (Å²) in [6.45, 7) is 5.63. The zero-order chi connectivity index (χ0) is 73.5. The fourth-order valence-corrected chi connectivity index (χ4v) is 12.9. The van der Waals surface area contributed by atoms with Crippen LogP contribution < -0.4 is 57.2 Å². The van der Waals surface area contributed by atoms with Gasteiger partial charge in [0.1, 0.15) is 89.5 Å². The van der Waals surface area contributed by atoms with E-state index in [1.807, 2.05) is 13.8 Å². The summed E-state index contributed by atoms with van der Waals surface area (Å²) >= 11 is 14.1. The van der Waals surface area contributed by atoms with Crippen LogP contribution in [-0.2, 0) is 52.6 Å². The molecule has 2 fully saturated rings. The maximum Gasteiger partial charge on any atom is 0.330 e. The van der Waals surface area contributed by atoms with Crippen LogP contribution in [-0.4, -0.2) is 196 Å². The van der Waals surface area contributed by atoms with Gasteiger partial charge in [0.2, 0.25) is 47.5 Å². The number of hydrogen-bond acceptors (Lipinski definition) is 25. The fourth-order valence-electron chi connectivity index (χ4n) is 12.4. The van der Waals surface area contributed by atoms with Crippen molar-refractivity contribution in [2.75, 3.05) is 13.7 Å². The number of aliphatic hydroxyl groups is 6. The number of nitrogens with two attached hydrogens (primary N) is 1. The number of nitrogens with one attached hydrogen (secondary N) is 7. The van der Waals surface area contributed by atoms with E-state index in [-0.39, 0.29) is 41.2 Å². The molecule has 0 saturated carbocycles. The number of amides is 6. The van der Waals surface area contributed by atoms with Crippen molar-refractivity contribution in [3.8, 4) is 57.1 Å². The number of carbonyl (C=O) groups excluding carboxylic acids is 6. The van der Waals surface area contributed by atoms with Crippen molar-refractivity contribution < 1.29 is 123 Å². The minimum absolute atomic E-state index is 0.0991. The number of aliphatic hydroxyl groups excluding tert-OH is 6. The monoisotopic (exact) mass is 1450 g/mol. The van der Waals surface area contributed by atoms with Crippen LogP contribution in [0.4, 0.5) is 0 Å². The Labute approximate surface area is 583 Å². The number of rotatable bonds is 12. The Morgan fingerprint density at radius 2 is 1.32 bits per heavy atom. The predicted octanol–water partition coefficient (Wildman–Crippen LogP) is 0.706. The van der Waals surface area contributed by atoms with E-state index in [0.29, 0.717) is 0 Å². The van der Waals surface area contributed by atoms with E-state index in [2.05, 4.69) is 37.2 Å². The number of phenolic OH excluding ortho intramolecular Hbond substituents is 3. The lowest BCUT2D eigenvalue weighted by molar-refractivity contribution is -0.333. The number of halogens is 2. The third-order valence-electron chi connectivity index (χ3n) is 17.8.